The van der Waals surface area contributed by atoms with Crippen molar-refractivity contribution in [2.75, 3.05) is 11.5 Å². The Labute approximate surface area is 181 Å². The fraction of sp³-hybridized carbons (Fsp3) is 0.364. The molecule has 27 heavy (non-hydrogen) atoms. The third kappa shape index (κ3) is 6.44. The first-order chi connectivity index (χ1) is 13.1. The zero-order valence-electron chi connectivity index (χ0n) is 15.5. The van der Waals surface area contributed by atoms with Crippen LogP contribution in [0.1, 0.15) is 31.2 Å². The van der Waals surface area contributed by atoms with Gasteiger partial charge in [-0.25, -0.2) is 0 Å². The Morgan fingerprint density at radius 2 is 1.59 bits per heavy atom. The monoisotopic (exact) mass is 544 g/mol. The van der Waals surface area contributed by atoms with E-state index in [-0.39, 0.29) is 10.7 Å². The van der Waals surface area contributed by atoms with Gasteiger partial charge in [0.15, 0.2) is 0 Å². The molecular formula is C22H25IO3Se. The first-order valence-electron chi connectivity index (χ1n) is 9.08. The summed E-state index contributed by atoms with van der Waals surface area (Å²) < 4.78 is 7.18. The van der Waals surface area contributed by atoms with Crippen molar-refractivity contribution in [1.82, 2.24) is 0 Å². The Hall–Kier alpha value is -1.17. The first kappa shape index (κ1) is 22.1. The number of rotatable bonds is 11. The summed E-state index contributed by atoms with van der Waals surface area (Å²) in [4.78, 5) is 26.2. The van der Waals surface area contributed by atoms with Gasteiger partial charge in [-0.15, -0.1) is 0 Å². The maximum absolute atomic E-state index is 13.4. The van der Waals surface area contributed by atoms with E-state index in [2.05, 4.69) is 22.6 Å². The molecule has 0 aliphatic carbocycles. The maximum atomic E-state index is 13.4. The van der Waals surface area contributed by atoms with Crippen LogP contribution in [0.15, 0.2) is 60.7 Å². The van der Waals surface area contributed by atoms with E-state index < -0.39 is 20.4 Å². The number of esters is 1. The first-order valence-corrected chi connectivity index (χ1v) is 12.3. The molecule has 1 unspecified atom stereocenters. The molecule has 0 aliphatic heterocycles. The molecule has 2 aromatic carbocycles. The minimum absolute atomic E-state index is 0.0254. The standard InChI is InChI=1S/C22H25IO3Se/c1-26-20(24)22(15-8-9-17-23,16-14-18-10-4-2-5-11-18)21(25)27-19-12-6-3-7-13-19/h2-7,10-13H,8-9,14-17H2,1H3. The Morgan fingerprint density at radius 3 is 2.19 bits per heavy atom. The summed E-state index contributed by atoms with van der Waals surface area (Å²) >= 11 is 1.93. The van der Waals surface area contributed by atoms with Gasteiger partial charge < -0.3 is 0 Å². The van der Waals surface area contributed by atoms with Crippen molar-refractivity contribution >= 4 is 52.7 Å². The predicted molar refractivity (Wildman–Crippen MR) is 119 cm³/mol. The van der Waals surface area contributed by atoms with Crippen molar-refractivity contribution in [3.8, 4) is 0 Å². The summed E-state index contributed by atoms with van der Waals surface area (Å²) in [7, 11) is 1.39. The Balaban J connectivity index is 2.27. The molecule has 1 atom stereocenters. The van der Waals surface area contributed by atoms with Crippen LogP contribution in [0.25, 0.3) is 0 Å². The molecule has 0 radical (unpaired) electrons. The van der Waals surface area contributed by atoms with E-state index in [0.717, 1.165) is 27.3 Å². The molecular weight excluding hydrogens is 518 g/mol. The van der Waals surface area contributed by atoms with Crippen molar-refractivity contribution in [3.63, 3.8) is 0 Å². The van der Waals surface area contributed by atoms with Gasteiger partial charge in [0, 0.05) is 0 Å². The van der Waals surface area contributed by atoms with Crippen LogP contribution in [0.4, 0.5) is 0 Å². The van der Waals surface area contributed by atoms with Gasteiger partial charge in [-0.05, 0) is 0 Å². The number of hydrogen-bond donors (Lipinski definition) is 0. The van der Waals surface area contributed by atoms with E-state index in [1.807, 2.05) is 60.7 Å². The average molecular weight is 543 g/mol. The number of methoxy groups -OCH3 is 1. The van der Waals surface area contributed by atoms with Crippen LogP contribution in [0, 0.1) is 5.41 Å². The minimum atomic E-state index is -1.05. The summed E-state index contributed by atoms with van der Waals surface area (Å²) in [6, 6.07) is 19.8. The van der Waals surface area contributed by atoms with E-state index >= 15 is 0 Å². The second-order valence-electron chi connectivity index (χ2n) is 6.41. The number of hydrogen-bond acceptors (Lipinski definition) is 3. The second-order valence-corrected chi connectivity index (χ2v) is 9.68. The van der Waals surface area contributed by atoms with Gasteiger partial charge in [-0.1, -0.05) is 0 Å². The Bertz CT molecular complexity index is 721. The van der Waals surface area contributed by atoms with Gasteiger partial charge in [-0.2, -0.15) is 0 Å². The molecule has 0 bridgehead atoms. The summed E-state index contributed by atoms with van der Waals surface area (Å²) in [5, 5.41) is 0. The number of alkyl halides is 1. The molecule has 0 heterocycles. The molecule has 0 saturated carbocycles. The van der Waals surface area contributed by atoms with Gasteiger partial charge in [-0.3, -0.25) is 0 Å². The number of aryl methyl sites for hydroxylation is 1. The molecule has 5 heteroatoms. The molecule has 2 rings (SSSR count). The van der Waals surface area contributed by atoms with Crippen molar-refractivity contribution < 1.29 is 14.3 Å². The molecule has 0 N–H and O–H groups in total. The van der Waals surface area contributed by atoms with Crippen LogP contribution in [-0.4, -0.2) is 37.1 Å². The third-order valence-corrected chi connectivity index (χ3v) is 7.63. The van der Waals surface area contributed by atoms with Gasteiger partial charge >= 0.3 is 182 Å². The van der Waals surface area contributed by atoms with Gasteiger partial charge in [0.05, 0.1) is 0 Å². The molecule has 0 spiro atoms. The molecule has 0 aromatic heterocycles. The normalized spacial score (nSPS) is 13.0. The van der Waals surface area contributed by atoms with E-state index in [0.29, 0.717) is 19.3 Å². The number of benzene rings is 2. The molecule has 0 saturated heterocycles. The van der Waals surface area contributed by atoms with E-state index in [1.165, 1.54) is 7.11 Å². The van der Waals surface area contributed by atoms with Crippen molar-refractivity contribution in [1.29, 1.82) is 0 Å². The zero-order chi connectivity index (χ0) is 19.5. The van der Waals surface area contributed by atoms with Crippen LogP contribution < -0.4 is 4.46 Å². The van der Waals surface area contributed by atoms with E-state index in [9.17, 15) is 9.59 Å². The Kier molecular flexibility index (Phi) is 9.52. The van der Waals surface area contributed by atoms with Crippen molar-refractivity contribution in [2.45, 2.75) is 32.1 Å². The van der Waals surface area contributed by atoms with Crippen LogP contribution in [0.2, 0.25) is 0 Å². The fourth-order valence-electron chi connectivity index (χ4n) is 3.03. The van der Waals surface area contributed by atoms with E-state index in [4.69, 9.17) is 4.74 Å². The Morgan fingerprint density at radius 1 is 0.963 bits per heavy atom. The quantitative estimate of drug-likeness (QED) is 0.108. The van der Waals surface area contributed by atoms with Crippen molar-refractivity contribution in [3.05, 3.63) is 66.2 Å². The molecule has 144 valence electrons. The fourth-order valence-corrected chi connectivity index (χ4v) is 5.65. The number of carbonyl (C=O) groups excluding carboxylic acids is 2. The summed E-state index contributed by atoms with van der Waals surface area (Å²) in [5.41, 5.74) is 0.0892. The zero-order valence-corrected chi connectivity index (χ0v) is 19.4. The van der Waals surface area contributed by atoms with Gasteiger partial charge in [0.2, 0.25) is 0 Å². The topological polar surface area (TPSA) is 43.4 Å². The average Bonchev–Trinajstić information content (AvgIpc) is 2.71. The van der Waals surface area contributed by atoms with Crippen LogP contribution in [0.3, 0.4) is 0 Å². The molecule has 0 aliphatic rings. The third-order valence-electron chi connectivity index (χ3n) is 4.59. The summed E-state index contributed by atoms with van der Waals surface area (Å²) in [5.74, 6) is -0.380. The number of unbranched alkanes of at least 4 members (excludes halogenated alkanes) is 1. The van der Waals surface area contributed by atoms with E-state index in [1.54, 1.807) is 0 Å². The van der Waals surface area contributed by atoms with Crippen LogP contribution in [-0.2, 0) is 20.7 Å². The van der Waals surface area contributed by atoms with Crippen LogP contribution >= 0.6 is 22.6 Å². The van der Waals surface area contributed by atoms with Crippen molar-refractivity contribution in [2.24, 2.45) is 5.41 Å². The SMILES string of the molecule is COC(=O)C(CCCCI)(CCc1ccccc1)C(=O)[Se]c1ccccc1. The number of ether oxygens (including phenoxy) is 1. The summed E-state index contributed by atoms with van der Waals surface area (Å²) in [6.07, 6.45) is 3.59. The molecule has 0 fully saturated rings. The predicted octanol–water partition coefficient (Wildman–Crippen LogP) is 3.94. The number of halogens is 1. The summed E-state index contributed by atoms with van der Waals surface area (Å²) in [6.45, 7) is 0. The van der Waals surface area contributed by atoms with Gasteiger partial charge in [0.1, 0.15) is 0 Å². The molecule has 2 aromatic rings. The number of carbonyl (C=O) groups is 2. The molecule has 0 amide bonds. The van der Waals surface area contributed by atoms with Crippen LogP contribution in [0.5, 0.6) is 0 Å². The molecule has 3 nitrogen and oxygen atoms in total. The van der Waals surface area contributed by atoms with Gasteiger partial charge in [0.25, 0.3) is 0 Å². The second kappa shape index (κ2) is 11.6.